The van der Waals surface area contributed by atoms with Crippen LogP contribution in [0.2, 0.25) is 0 Å². The van der Waals surface area contributed by atoms with Crippen molar-refractivity contribution in [3.8, 4) is 11.4 Å². The van der Waals surface area contributed by atoms with Crippen LogP contribution in [-0.4, -0.2) is 26.0 Å². The quantitative estimate of drug-likeness (QED) is 0.743. The maximum Gasteiger partial charge on any atom is 0.374 e. The number of rotatable bonds is 2. The van der Waals surface area contributed by atoms with Crippen LogP contribution in [0.4, 0.5) is 0 Å². The highest BCUT2D eigenvalue weighted by Gasteiger charge is 2.17. The average Bonchev–Trinajstić information content (AvgIpc) is 2.95. The van der Waals surface area contributed by atoms with Crippen molar-refractivity contribution in [1.29, 1.82) is 0 Å². The summed E-state index contributed by atoms with van der Waals surface area (Å²) in [6.07, 6.45) is 0. The number of aryl methyl sites for hydroxylation is 1. The summed E-state index contributed by atoms with van der Waals surface area (Å²) in [6.45, 7) is 0. The lowest BCUT2D eigenvalue weighted by atomic mass is 10.1. The predicted molar refractivity (Wildman–Crippen MR) is 63.2 cm³/mol. The summed E-state index contributed by atoms with van der Waals surface area (Å²) in [5, 5.41) is 17.8. The Hall–Kier alpha value is -2.63. The molecule has 1 aromatic carbocycles. The lowest BCUT2D eigenvalue weighted by Gasteiger charge is -1.90. The first-order valence-electron chi connectivity index (χ1n) is 5.29. The van der Waals surface area contributed by atoms with Crippen molar-refractivity contribution < 1.29 is 14.4 Å². The van der Waals surface area contributed by atoms with Crippen LogP contribution in [0.1, 0.15) is 10.6 Å². The molecular formula is C12H9N3O3. The molecule has 6 nitrogen and oxygen atoms in total. The molecule has 0 atom stereocenters. The molecule has 2 aromatic heterocycles. The zero-order valence-corrected chi connectivity index (χ0v) is 9.49. The first kappa shape index (κ1) is 10.5. The highest BCUT2D eigenvalue weighted by atomic mass is 16.5. The van der Waals surface area contributed by atoms with Crippen molar-refractivity contribution >= 4 is 16.9 Å². The molecule has 0 saturated heterocycles. The molecule has 0 radical (unpaired) electrons. The van der Waals surface area contributed by atoms with E-state index < -0.39 is 5.97 Å². The molecule has 0 amide bonds. The second kappa shape index (κ2) is 3.69. The van der Waals surface area contributed by atoms with Crippen molar-refractivity contribution in [3.05, 3.63) is 36.1 Å². The largest absolute Gasteiger partial charge is 0.475 e. The van der Waals surface area contributed by atoms with E-state index in [1.165, 1.54) is 6.07 Å². The lowest BCUT2D eigenvalue weighted by molar-refractivity contribution is 0.0652. The normalized spacial score (nSPS) is 10.9. The Labute approximate surface area is 101 Å². The number of aromatic nitrogens is 3. The third-order valence-corrected chi connectivity index (χ3v) is 2.72. The van der Waals surface area contributed by atoms with E-state index in [9.17, 15) is 4.79 Å². The second-order valence-corrected chi connectivity index (χ2v) is 3.87. The van der Waals surface area contributed by atoms with Gasteiger partial charge in [0.05, 0.1) is 5.52 Å². The maximum absolute atomic E-state index is 10.8. The number of nitrogens with zero attached hydrogens (tertiary/aromatic N) is 3. The Bertz CT molecular complexity index is 742. The number of carboxylic acid groups (broad SMARTS) is 1. The number of carboxylic acids is 1. The number of hydrogen-bond acceptors (Lipinski definition) is 4. The number of carbonyl (C=O) groups is 1. The van der Waals surface area contributed by atoms with Gasteiger partial charge >= 0.3 is 5.97 Å². The molecule has 0 fully saturated rings. The Morgan fingerprint density at radius 3 is 2.89 bits per heavy atom. The zero-order chi connectivity index (χ0) is 12.7. The Balaban J connectivity index is 2.22. The van der Waals surface area contributed by atoms with E-state index in [2.05, 4.69) is 10.3 Å². The number of aromatic carboxylic acids is 1. The van der Waals surface area contributed by atoms with Crippen LogP contribution in [0.25, 0.3) is 22.3 Å². The molecule has 2 heterocycles. The molecule has 0 spiro atoms. The summed E-state index contributed by atoms with van der Waals surface area (Å²) in [4.78, 5) is 10.8. The molecule has 3 aromatic rings. The van der Waals surface area contributed by atoms with Gasteiger partial charge in [-0.3, -0.25) is 4.68 Å². The minimum atomic E-state index is -1.14. The molecule has 18 heavy (non-hydrogen) atoms. The van der Waals surface area contributed by atoms with E-state index in [0.717, 1.165) is 10.9 Å². The SMILES string of the molecule is Cn1nc(-c2cc(C(=O)O)on2)c2ccccc21. The van der Waals surface area contributed by atoms with Crippen molar-refractivity contribution in [1.82, 2.24) is 14.9 Å². The fourth-order valence-electron chi connectivity index (χ4n) is 1.89. The zero-order valence-electron chi connectivity index (χ0n) is 9.49. The minimum Gasteiger partial charge on any atom is -0.475 e. The Morgan fingerprint density at radius 2 is 2.17 bits per heavy atom. The Kier molecular flexibility index (Phi) is 2.16. The molecule has 0 aliphatic carbocycles. The van der Waals surface area contributed by atoms with Gasteiger partial charge in [0, 0.05) is 18.5 Å². The molecule has 90 valence electrons. The summed E-state index contributed by atoms with van der Waals surface area (Å²) in [7, 11) is 1.82. The van der Waals surface area contributed by atoms with Crippen molar-refractivity contribution in [3.63, 3.8) is 0 Å². The molecule has 0 bridgehead atoms. The first-order chi connectivity index (χ1) is 8.66. The molecule has 0 aliphatic heterocycles. The van der Waals surface area contributed by atoms with Gasteiger partial charge in [-0.25, -0.2) is 4.79 Å². The Morgan fingerprint density at radius 1 is 1.39 bits per heavy atom. The predicted octanol–water partition coefficient (Wildman–Crippen LogP) is 1.93. The van der Waals surface area contributed by atoms with Crippen LogP contribution in [-0.2, 0) is 7.05 Å². The van der Waals surface area contributed by atoms with Crippen LogP contribution in [0.3, 0.4) is 0 Å². The molecule has 6 heteroatoms. The van der Waals surface area contributed by atoms with E-state index in [1.54, 1.807) is 4.68 Å². The molecular weight excluding hydrogens is 234 g/mol. The standard InChI is InChI=1S/C12H9N3O3/c1-15-9-5-3-2-4-7(9)11(13-15)8-6-10(12(16)17)18-14-8/h2-6H,1H3,(H,16,17). The van der Waals surface area contributed by atoms with E-state index >= 15 is 0 Å². The van der Waals surface area contributed by atoms with E-state index in [0.29, 0.717) is 11.4 Å². The fraction of sp³-hybridized carbons (Fsp3) is 0.0833. The van der Waals surface area contributed by atoms with Crippen molar-refractivity contribution in [2.24, 2.45) is 7.05 Å². The van der Waals surface area contributed by atoms with E-state index in [-0.39, 0.29) is 5.76 Å². The maximum atomic E-state index is 10.8. The summed E-state index contributed by atoms with van der Waals surface area (Å²) >= 11 is 0. The smallest absolute Gasteiger partial charge is 0.374 e. The van der Waals surface area contributed by atoms with Crippen LogP contribution in [0.5, 0.6) is 0 Å². The fourth-order valence-corrected chi connectivity index (χ4v) is 1.89. The average molecular weight is 243 g/mol. The molecule has 0 unspecified atom stereocenters. The number of para-hydroxylation sites is 1. The highest BCUT2D eigenvalue weighted by Crippen LogP contribution is 2.26. The number of benzene rings is 1. The van der Waals surface area contributed by atoms with Gasteiger partial charge in [-0.2, -0.15) is 5.10 Å². The van der Waals surface area contributed by atoms with Crippen LogP contribution in [0.15, 0.2) is 34.9 Å². The first-order valence-corrected chi connectivity index (χ1v) is 5.29. The van der Waals surface area contributed by atoms with E-state index in [1.807, 2.05) is 31.3 Å². The van der Waals surface area contributed by atoms with Gasteiger partial charge in [0.1, 0.15) is 11.4 Å². The van der Waals surface area contributed by atoms with Crippen molar-refractivity contribution in [2.75, 3.05) is 0 Å². The summed E-state index contributed by atoms with van der Waals surface area (Å²) in [5.41, 5.74) is 1.99. The monoisotopic (exact) mass is 243 g/mol. The summed E-state index contributed by atoms with van der Waals surface area (Å²) in [6, 6.07) is 9.03. The minimum absolute atomic E-state index is 0.195. The van der Waals surface area contributed by atoms with Gasteiger partial charge < -0.3 is 9.63 Å². The van der Waals surface area contributed by atoms with Gasteiger partial charge in [0.15, 0.2) is 0 Å². The summed E-state index contributed by atoms with van der Waals surface area (Å²) < 4.78 is 6.46. The van der Waals surface area contributed by atoms with Gasteiger partial charge in [-0.15, -0.1) is 0 Å². The van der Waals surface area contributed by atoms with Crippen LogP contribution in [0, 0.1) is 0 Å². The van der Waals surface area contributed by atoms with Gasteiger partial charge in [-0.05, 0) is 6.07 Å². The van der Waals surface area contributed by atoms with Crippen LogP contribution < -0.4 is 0 Å². The van der Waals surface area contributed by atoms with Crippen molar-refractivity contribution in [2.45, 2.75) is 0 Å². The third-order valence-electron chi connectivity index (χ3n) is 2.72. The lowest BCUT2D eigenvalue weighted by Crippen LogP contribution is -1.91. The number of fused-ring (bicyclic) bond motifs is 1. The third kappa shape index (κ3) is 1.46. The topological polar surface area (TPSA) is 81.2 Å². The molecule has 0 saturated carbocycles. The van der Waals surface area contributed by atoms with Gasteiger partial charge in [0.25, 0.3) is 0 Å². The molecule has 1 N–H and O–H groups in total. The van der Waals surface area contributed by atoms with Crippen LogP contribution >= 0.6 is 0 Å². The molecule has 0 aliphatic rings. The number of hydrogen-bond donors (Lipinski definition) is 1. The molecule has 3 rings (SSSR count). The van der Waals surface area contributed by atoms with E-state index in [4.69, 9.17) is 9.63 Å². The van der Waals surface area contributed by atoms with Gasteiger partial charge in [-0.1, -0.05) is 23.4 Å². The summed E-state index contributed by atoms with van der Waals surface area (Å²) in [5.74, 6) is -1.34. The second-order valence-electron chi connectivity index (χ2n) is 3.87. The highest BCUT2D eigenvalue weighted by molar-refractivity contribution is 5.93. The van der Waals surface area contributed by atoms with Gasteiger partial charge in [0.2, 0.25) is 5.76 Å².